The summed E-state index contributed by atoms with van der Waals surface area (Å²) in [6, 6.07) is 8.21. The van der Waals surface area contributed by atoms with E-state index in [0.717, 1.165) is 29.7 Å². The Hall–Kier alpha value is -1.88. The zero-order chi connectivity index (χ0) is 13.9. The van der Waals surface area contributed by atoms with E-state index in [1.165, 1.54) is 0 Å². The predicted molar refractivity (Wildman–Crippen MR) is 76.2 cm³/mol. The molecule has 1 aliphatic carbocycles. The summed E-state index contributed by atoms with van der Waals surface area (Å²) in [4.78, 5) is 21.7. The van der Waals surface area contributed by atoms with Crippen LogP contribution >= 0.6 is 0 Å². The van der Waals surface area contributed by atoms with Crippen LogP contribution in [0.25, 0.3) is 11.0 Å². The minimum atomic E-state index is 0.0346. The van der Waals surface area contributed by atoms with Crippen LogP contribution in [-0.2, 0) is 11.2 Å². The van der Waals surface area contributed by atoms with Gasteiger partial charge in [-0.15, -0.1) is 0 Å². The molecule has 1 aliphatic rings. The fraction of sp³-hybridized carbons (Fsp3) is 0.467. The van der Waals surface area contributed by atoms with Crippen LogP contribution in [0, 0.1) is 0 Å². The average molecular weight is 273 g/mol. The Balaban J connectivity index is 1.61. The number of aromatic amines is 1. The Morgan fingerprint density at radius 3 is 2.90 bits per heavy atom. The molecule has 0 spiro atoms. The van der Waals surface area contributed by atoms with Crippen LogP contribution in [0.2, 0.25) is 0 Å². The Bertz CT molecular complexity index is 571. The first-order chi connectivity index (χ1) is 9.78. The summed E-state index contributed by atoms with van der Waals surface area (Å²) in [6.07, 6.45) is 3.19. The van der Waals surface area contributed by atoms with Gasteiger partial charge in [0.15, 0.2) is 0 Å². The maximum atomic E-state index is 12.2. The summed E-state index contributed by atoms with van der Waals surface area (Å²) in [7, 11) is 0. The van der Waals surface area contributed by atoms with Crippen molar-refractivity contribution in [1.29, 1.82) is 0 Å². The van der Waals surface area contributed by atoms with Gasteiger partial charge < -0.3 is 15.0 Å². The highest BCUT2D eigenvalue weighted by atomic mass is 16.3. The smallest absolute Gasteiger partial charge is 0.223 e. The largest absolute Gasteiger partial charge is 0.395 e. The molecule has 2 aromatic rings. The third-order valence-corrected chi connectivity index (χ3v) is 3.66. The van der Waals surface area contributed by atoms with E-state index in [1.54, 1.807) is 0 Å². The number of H-pyrrole nitrogens is 1. The number of nitrogens with one attached hydrogen (secondary N) is 1. The minimum absolute atomic E-state index is 0.0346. The van der Waals surface area contributed by atoms with Crippen molar-refractivity contribution in [3.8, 4) is 0 Å². The molecule has 106 valence electrons. The summed E-state index contributed by atoms with van der Waals surface area (Å²) in [6.45, 7) is 0.483. The standard InChI is InChI=1S/C15H19N3O2/c19-10-9-18(11-5-6-11)15(20)8-7-14-16-12-3-1-2-4-13(12)17-14/h1-4,11,19H,5-10H2,(H,16,17). The van der Waals surface area contributed by atoms with E-state index >= 15 is 0 Å². The molecule has 20 heavy (non-hydrogen) atoms. The molecule has 3 rings (SSSR count). The highest BCUT2D eigenvalue weighted by Crippen LogP contribution is 2.27. The molecule has 1 amide bonds. The van der Waals surface area contributed by atoms with Crippen molar-refractivity contribution in [1.82, 2.24) is 14.9 Å². The molecule has 0 unspecified atom stereocenters. The van der Waals surface area contributed by atoms with Gasteiger partial charge in [-0.3, -0.25) is 4.79 Å². The number of aliphatic hydroxyl groups is 1. The Labute approximate surface area is 117 Å². The van der Waals surface area contributed by atoms with Gasteiger partial charge in [0.25, 0.3) is 0 Å². The fourth-order valence-corrected chi connectivity index (χ4v) is 2.50. The van der Waals surface area contributed by atoms with Crippen LogP contribution in [0.1, 0.15) is 25.1 Å². The number of nitrogens with zero attached hydrogens (tertiary/aromatic N) is 2. The van der Waals surface area contributed by atoms with E-state index in [0.29, 0.717) is 25.4 Å². The van der Waals surface area contributed by atoms with Crippen LogP contribution in [0.5, 0.6) is 0 Å². The number of hydrogen-bond donors (Lipinski definition) is 2. The van der Waals surface area contributed by atoms with E-state index in [9.17, 15) is 4.79 Å². The number of aliphatic hydroxyl groups excluding tert-OH is 1. The van der Waals surface area contributed by atoms with Gasteiger partial charge >= 0.3 is 0 Å². The molecule has 0 radical (unpaired) electrons. The zero-order valence-electron chi connectivity index (χ0n) is 11.4. The first-order valence-electron chi connectivity index (χ1n) is 7.12. The second kappa shape index (κ2) is 5.63. The van der Waals surface area contributed by atoms with E-state index in [2.05, 4.69) is 9.97 Å². The van der Waals surface area contributed by atoms with Gasteiger partial charge in [0.2, 0.25) is 5.91 Å². The van der Waals surface area contributed by atoms with Gasteiger partial charge in [-0.2, -0.15) is 0 Å². The summed E-state index contributed by atoms with van der Waals surface area (Å²) < 4.78 is 0. The minimum Gasteiger partial charge on any atom is -0.395 e. The zero-order valence-corrected chi connectivity index (χ0v) is 11.4. The van der Waals surface area contributed by atoms with Crippen molar-refractivity contribution >= 4 is 16.9 Å². The summed E-state index contributed by atoms with van der Waals surface area (Å²) in [5.74, 6) is 0.960. The molecule has 1 saturated carbocycles. The van der Waals surface area contributed by atoms with E-state index in [-0.39, 0.29) is 12.5 Å². The van der Waals surface area contributed by atoms with Gasteiger partial charge in [-0.25, -0.2) is 4.98 Å². The van der Waals surface area contributed by atoms with Gasteiger partial charge in [-0.1, -0.05) is 12.1 Å². The average Bonchev–Trinajstić information content (AvgIpc) is 3.20. The number of carbonyl (C=O) groups excluding carboxylic acids is 1. The third-order valence-electron chi connectivity index (χ3n) is 3.66. The molecule has 1 aromatic carbocycles. The second-order valence-electron chi connectivity index (χ2n) is 5.24. The molecule has 0 aliphatic heterocycles. The number of rotatable bonds is 6. The van der Waals surface area contributed by atoms with Gasteiger partial charge in [-0.05, 0) is 25.0 Å². The molecule has 1 heterocycles. The van der Waals surface area contributed by atoms with Crippen molar-refractivity contribution in [2.45, 2.75) is 31.7 Å². The lowest BCUT2D eigenvalue weighted by molar-refractivity contribution is -0.132. The molecule has 1 fully saturated rings. The van der Waals surface area contributed by atoms with Crippen LogP contribution in [0.3, 0.4) is 0 Å². The van der Waals surface area contributed by atoms with Crippen LogP contribution < -0.4 is 0 Å². The highest BCUT2D eigenvalue weighted by Gasteiger charge is 2.31. The highest BCUT2D eigenvalue weighted by molar-refractivity contribution is 5.78. The first-order valence-corrected chi connectivity index (χ1v) is 7.12. The lowest BCUT2D eigenvalue weighted by Crippen LogP contribution is -2.35. The number of hydrogen-bond acceptors (Lipinski definition) is 3. The molecule has 5 nitrogen and oxygen atoms in total. The topological polar surface area (TPSA) is 69.2 Å². The molecule has 1 aromatic heterocycles. The number of aryl methyl sites for hydroxylation is 1. The molecule has 0 bridgehead atoms. The van der Waals surface area contributed by atoms with Crippen LogP contribution in [0.15, 0.2) is 24.3 Å². The predicted octanol–water partition coefficient (Wildman–Crippen LogP) is 1.48. The van der Waals surface area contributed by atoms with Crippen LogP contribution in [-0.4, -0.2) is 45.1 Å². The fourth-order valence-electron chi connectivity index (χ4n) is 2.50. The van der Waals surface area contributed by atoms with Crippen LogP contribution in [0.4, 0.5) is 0 Å². The molecule has 5 heteroatoms. The maximum Gasteiger partial charge on any atom is 0.223 e. The molecule has 0 saturated heterocycles. The van der Waals surface area contributed by atoms with Crippen molar-refractivity contribution in [3.05, 3.63) is 30.1 Å². The number of fused-ring (bicyclic) bond motifs is 1. The number of carbonyl (C=O) groups is 1. The maximum absolute atomic E-state index is 12.2. The van der Waals surface area contributed by atoms with Crippen molar-refractivity contribution in [2.75, 3.05) is 13.2 Å². The number of imidazole rings is 1. The lowest BCUT2D eigenvalue weighted by atomic mass is 10.2. The third kappa shape index (κ3) is 2.82. The Morgan fingerprint density at radius 2 is 2.20 bits per heavy atom. The number of benzene rings is 1. The van der Waals surface area contributed by atoms with Gasteiger partial charge in [0.1, 0.15) is 5.82 Å². The summed E-state index contributed by atoms with van der Waals surface area (Å²) in [5, 5.41) is 9.03. The Kier molecular flexibility index (Phi) is 3.69. The summed E-state index contributed by atoms with van der Waals surface area (Å²) in [5.41, 5.74) is 1.94. The monoisotopic (exact) mass is 273 g/mol. The second-order valence-corrected chi connectivity index (χ2v) is 5.24. The van der Waals surface area contributed by atoms with Crippen molar-refractivity contribution < 1.29 is 9.90 Å². The first kappa shape index (κ1) is 13.1. The molecule has 2 N–H and O–H groups in total. The lowest BCUT2D eigenvalue weighted by Gasteiger charge is -2.21. The SMILES string of the molecule is O=C(CCc1nc2ccccc2[nH]1)N(CCO)C1CC1. The van der Waals surface area contributed by atoms with Gasteiger partial charge in [0, 0.05) is 25.4 Å². The normalized spacial score (nSPS) is 14.7. The van der Waals surface area contributed by atoms with E-state index in [4.69, 9.17) is 5.11 Å². The number of para-hydroxylation sites is 2. The van der Waals surface area contributed by atoms with Crippen molar-refractivity contribution in [3.63, 3.8) is 0 Å². The van der Waals surface area contributed by atoms with E-state index < -0.39 is 0 Å². The molecular formula is C15H19N3O2. The van der Waals surface area contributed by atoms with E-state index in [1.807, 2.05) is 29.2 Å². The quantitative estimate of drug-likeness (QED) is 0.837. The number of amides is 1. The molecule has 0 atom stereocenters. The Morgan fingerprint density at radius 1 is 1.40 bits per heavy atom. The number of aromatic nitrogens is 2. The summed E-state index contributed by atoms with van der Waals surface area (Å²) >= 11 is 0. The van der Waals surface area contributed by atoms with Gasteiger partial charge in [0.05, 0.1) is 17.6 Å². The van der Waals surface area contributed by atoms with Crippen molar-refractivity contribution in [2.24, 2.45) is 0 Å². The molecular weight excluding hydrogens is 254 g/mol.